The van der Waals surface area contributed by atoms with E-state index in [1.54, 1.807) is 35.3 Å². The number of imidazole rings is 1. The number of rotatable bonds is 3. The van der Waals surface area contributed by atoms with Crippen molar-refractivity contribution < 1.29 is 13.2 Å². The van der Waals surface area contributed by atoms with Crippen molar-refractivity contribution in [3.63, 3.8) is 0 Å². The number of para-hydroxylation sites is 2. The van der Waals surface area contributed by atoms with E-state index in [1.807, 2.05) is 19.9 Å². The number of hydrogen-bond donors (Lipinski definition) is 0. The zero-order valence-electron chi connectivity index (χ0n) is 11.9. The Bertz CT molecular complexity index is 752. The van der Waals surface area contributed by atoms with Crippen LogP contribution in [0.3, 0.4) is 0 Å². The molecular formula is C14H17N3O3S. The zero-order chi connectivity index (χ0) is 15.0. The van der Waals surface area contributed by atoms with Crippen molar-refractivity contribution in [1.29, 1.82) is 0 Å². The first-order chi connectivity index (χ1) is 10.00. The highest BCUT2D eigenvalue weighted by Crippen LogP contribution is 2.34. The molecule has 21 heavy (non-hydrogen) atoms. The Hall–Kier alpha value is -2.02. The molecule has 0 aliphatic carbocycles. The van der Waals surface area contributed by atoms with E-state index in [4.69, 9.17) is 4.74 Å². The molecule has 0 spiro atoms. The van der Waals surface area contributed by atoms with Gasteiger partial charge in [-0.05, 0) is 26.0 Å². The lowest BCUT2D eigenvalue weighted by molar-refractivity contribution is 0.316. The standard InChI is InChI=1S/C14H17N3O3S/c1-11(2)16-9-14(15-10-16)21(18,19)17-7-8-20-13-6-4-3-5-12(13)17/h3-6,9-11H,7-8H2,1-2H3. The van der Waals surface area contributed by atoms with Crippen molar-refractivity contribution in [1.82, 2.24) is 9.55 Å². The highest BCUT2D eigenvalue weighted by atomic mass is 32.2. The predicted molar refractivity (Wildman–Crippen MR) is 79.1 cm³/mol. The van der Waals surface area contributed by atoms with Crippen LogP contribution in [0.2, 0.25) is 0 Å². The molecule has 6 nitrogen and oxygen atoms in total. The number of anilines is 1. The van der Waals surface area contributed by atoms with Crippen molar-refractivity contribution in [2.75, 3.05) is 17.5 Å². The van der Waals surface area contributed by atoms with Crippen LogP contribution >= 0.6 is 0 Å². The van der Waals surface area contributed by atoms with Gasteiger partial charge < -0.3 is 9.30 Å². The molecule has 0 saturated heterocycles. The maximum absolute atomic E-state index is 12.8. The van der Waals surface area contributed by atoms with Gasteiger partial charge in [0, 0.05) is 12.2 Å². The molecule has 7 heteroatoms. The minimum absolute atomic E-state index is 0.0629. The molecule has 0 atom stereocenters. The Balaban J connectivity index is 2.03. The Kier molecular flexibility index (Phi) is 3.36. The lowest BCUT2D eigenvalue weighted by atomic mass is 10.2. The summed E-state index contributed by atoms with van der Waals surface area (Å²) in [6.07, 6.45) is 3.11. The molecule has 2 heterocycles. The molecule has 2 aromatic rings. The van der Waals surface area contributed by atoms with Crippen LogP contribution in [0.25, 0.3) is 0 Å². The SMILES string of the molecule is CC(C)n1cnc(S(=O)(=O)N2CCOc3ccccc32)c1. The smallest absolute Gasteiger partial charge is 0.283 e. The second kappa shape index (κ2) is 5.07. The van der Waals surface area contributed by atoms with Crippen molar-refractivity contribution in [2.24, 2.45) is 0 Å². The van der Waals surface area contributed by atoms with Crippen LogP contribution in [0, 0.1) is 0 Å². The summed E-state index contributed by atoms with van der Waals surface area (Å²) in [5, 5.41) is 0.0629. The Morgan fingerprint density at radius 2 is 2.05 bits per heavy atom. The van der Waals surface area contributed by atoms with Crippen LogP contribution in [0.4, 0.5) is 5.69 Å². The molecule has 112 valence electrons. The van der Waals surface area contributed by atoms with E-state index in [2.05, 4.69) is 4.98 Å². The highest BCUT2D eigenvalue weighted by Gasteiger charge is 2.31. The topological polar surface area (TPSA) is 64.4 Å². The van der Waals surface area contributed by atoms with Crippen LogP contribution in [0.5, 0.6) is 5.75 Å². The first-order valence-corrected chi connectivity index (χ1v) is 8.22. The fraction of sp³-hybridized carbons (Fsp3) is 0.357. The van der Waals surface area contributed by atoms with Crippen molar-refractivity contribution in [2.45, 2.75) is 24.9 Å². The molecule has 0 unspecified atom stereocenters. The molecule has 0 fully saturated rings. The fourth-order valence-electron chi connectivity index (χ4n) is 2.24. The molecule has 0 bridgehead atoms. The summed E-state index contributed by atoms with van der Waals surface area (Å²) in [4.78, 5) is 4.05. The van der Waals surface area contributed by atoms with Gasteiger partial charge >= 0.3 is 0 Å². The first-order valence-electron chi connectivity index (χ1n) is 6.78. The van der Waals surface area contributed by atoms with Gasteiger partial charge in [0.25, 0.3) is 10.0 Å². The maximum Gasteiger partial charge on any atom is 0.283 e. The van der Waals surface area contributed by atoms with E-state index in [0.717, 1.165) is 0 Å². The summed E-state index contributed by atoms with van der Waals surface area (Å²) in [6.45, 7) is 4.57. The average molecular weight is 307 g/mol. The molecule has 3 rings (SSSR count). The largest absolute Gasteiger partial charge is 0.489 e. The monoisotopic (exact) mass is 307 g/mol. The van der Waals surface area contributed by atoms with Gasteiger partial charge in [-0.1, -0.05) is 12.1 Å². The van der Waals surface area contributed by atoms with Crippen molar-refractivity contribution in [3.8, 4) is 5.75 Å². The summed E-state index contributed by atoms with van der Waals surface area (Å²) in [7, 11) is -3.67. The maximum atomic E-state index is 12.8. The van der Waals surface area contributed by atoms with E-state index in [1.165, 1.54) is 4.31 Å². The quantitative estimate of drug-likeness (QED) is 0.870. The van der Waals surface area contributed by atoms with Crippen LogP contribution in [0.1, 0.15) is 19.9 Å². The summed E-state index contributed by atoms with van der Waals surface area (Å²) < 4.78 is 34.2. The van der Waals surface area contributed by atoms with Crippen LogP contribution < -0.4 is 9.04 Å². The number of fused-ring (bicyclic) bond motifs is 1. The lowest BCUT2D eigenvalue weighted by Crippen LogP contribution is -2.38. The number of nitrogens with zero attached hydrogens (tertiary/aromatic N) is 3. The summed E-state index contributed by atoms with van der Waals surface area (Å²) in [5.41, 5.74) is 0.558. The van der Waals surface area contributed by atoms with Gasteiger partial charge in [-0.25, -0.2) is 4.98 Å². The van der Waals surface area contributed by atoms with Gasteiger partial charge in [0.1, 0.15) is 12.4 Å². The molecule has 1 aromatic heterocycles. The van der Waals surface area contributed by atoms with Gasteiger partial charge in [0.2, 0.25) is 0 Å². The minimum atomic E-state index is -3.67. The van der Waals surface area contributed by atoms with E-state index in [0.29, 0.717) is 18.0 Å². The first kappa shape index (κ1) is 13.9. The molecule has 0 N–H and O–H groups in total. The van der Waals surface area contributed by atoms with Crippen LogP contribution in [-0.2, 0) is 10.0 Å². The molecule has 1 aliphatic rings. The third-order valence-corrected chi connectivity index (χ3v) is 5.11. The third-order valence-electron chi connectivity index (χ3n) is 3.41. The van der Waals surface area contributed by atoms with E-state index < -0.39 is 10.0 Å². The van der Waals surface area contributed by atoms with Crippen LogP contribution in [0.15, 0.2) is 41.8 Å². The molecule has 0 radical (unpaired) electrons. The molecular weight excluding hydrogens is 290 g/mol. The Labute approximate surface area is 124 Å². The highest BCUT2D eigenvalue weighted by molar-refractivity contribution is 7.92. The van der Waals surface area contributed by atoms with Crippen molar-refractivity contribution in [3.05, 3.63) is 36.8 Å². The summed E-state index contributed by atoms with van der Waals surface area (Å²) >= 11 is 0. The third kappa shape index (κ3) is 2.37. The number of aromatic nitrogens is 2. The number of hydrogen-bond acceptors (Lipinski definition) is 4. The number of benzene rings is 1. The second-order valence-electron chi connectivity index (χ2n) is 5.15. The predicted octanol–water partition coefficient (Wildman–Crippen LogP) is 2.05. The molecule has 1 aliphatic heterocycles. The van der Waals surface area contributed by atoms with Gasteiger partial charge in [-0.2, -0.15) is 8.42 Å². The average Bonchev–Trinajstić information content (AvgIpc) is 2.97. The molecule has 0 saturated carbocycles. The normalized spacial score (nSPS) is 14.9. The van der Waals surface area contributed by atoms with Gasteiger partial charge in [-0.3, -0.25) is 4.31 Å². The van der Waals surface area contributed by atoms with Crippen molar-refractivity contribution >= 4 is 15.7 Å². The van der Waals surface area contributed by atoms with Crippen LogP contribution in [-0.4, -0.2) is 31.1 Å². The van der Waals surface area contributed by atoms with E-state index in [-0.39, 0.29) is 17.6 Å². The van der Waals surface area contributed by atoms with E-state index >= 15 is 0 Å². The zero-order valence-corrected chi connectivity index (χ0v) is 12.7. The van der Waals surface area contributed by atoms with E-state index in [9.17, 15) is 8.42 Å². The van der Waals surface area contributed by atoms with Gasteiger partial charge in [0.05, 0.1) is 18.6 Å². The Morgan fingerprint density at radius 3 is 2.76 bits per heavy atom. The fourth-order valence-corrected chi connectivity index (χ4v) is 3.63. The van der Waals surface area contributed by atoms with Gasteiger partial charge in [-0.15, -0.1) is 0 Å². The molecule has 0 amide bonds. The second-order valence-corrected chi connectivity index (χ2v) is 6.96. The lowest BCUT2D eigenvalue weighted by Gasteiger charge is -2.29. The summed E-state index contributed by atoms with van der Waals surface area (Å²) in [5.74, 6) is 0.579. The Morgan fingerprint density at radius 1 is 1.29 bits per heavy atom. The van der Waals surface area contributed by atoms with Gasteiger partial charge in [0.15, 0.2) is 5.03 Å². The summed E-state index contributed by atoms with van der Waals surface area (Å²) in [6, 6.07) is 7.29. The molecule has 1 aromatic carbocycles. The minimum Gasteiger partial charge on any atom is -0.489 e. The number of ether oxygens (including phenoxy) is 1. The number of sulfonamides is 1.